The smallest absolute Gasteiger partial charge is 0.223 e. The summed E-state index contributed by atoms with van der Waals surface area (Å²) >= 11 is 0. The minimum atomic E-state index is 0.184. The summed E-state index contributed by atoms with van der Waals surface area (Å²) in [5, 5.41) is 3.31. The molecule has 2 atom stereocenters. The predicted molar refractivity (Wildman–Crippen MR) is 104 cm³/mol. The predicted octanol–water partition coefficient (Wildman–Crippen LogP) is 4.08. The third kappa shape index (κ3) is 4.44. The summed E-state index contributed by atoms with van der Waals surface area (Å²) in [7, 11) is 0. The molecule has 0 spiro atoms. The first-order valence-corrected chi connectivity index (χ1v) is 9.90. The van der Waals surface area contributed by atoms with E-state index < -0.39 is 0 Å². The van der Waals surface area contributed by atoms with E-state index in [0.29, 0.717) is 18.0 Å². The summed E-state index contributed by atoms with van der Waals surface area (Å²) in [6.07, 6.45) is 3.18. The maximum absolute atomic E-state index is 12.6. The van der Waals surface area contributed by atoms with Gasteiger partial charge in [-0.2, -0.15) is 0 Å². The molecular formula is C22H34N2O. The van der Waals surface area contributed by atoms with Crippen LogP contribution in [0.3, 0.4) is 0 Å². The fourth-order valence-corrected chi connectivity index (χ4v) is 3.95. The summed E-state index contributed by atoms with van der Waals surface area (Å²) in [5.41, 5.74) is 2.86. The van der Waals surface area contributed by atoms with Crippen molar-refractivity contribution in [2.75, 3.05) is 13.1 Å². The zero-order valence-electron chi connectivity index (χ0n) is 16.5. The molecule has 2 aliphatic rings. The van der Waals surface area contributed by atoms with Crippen LogP contribution in [-0.2, 0) is 10.2 Å². The molecule has 1 saturated heterocycles. The first-order valence-electron chi connectivity index (χ1n) is 9.90. The molecule has 1 aromatic carbocycles. The molecule has 0 radical (unpaired) electrons. The second kappa shape index (κ2) is 7.11. The number of benzene rings is 1. The molecule has 1 saturated carbocycles. The van der Waals surface area contributed by atoms with E-state index in [-0.39, 0.29) is 17.2 Å². The number of nitrogens with zero attached hydrogens (tertiary/aromatic N) is 1. The summed E-state index contributed by atoms with van der Waals surface area (Å²) in [6.45, 7) is 13.4. The fourth-order valence-electron chi connectivity index (χ4n) is 3.95. The van der Waals surface area contributed by atoms with Crippen molar-refractivity contribution in [1.29, 1.82) is 0 Å². The molecule has 0 unspecified atom stereocenters. The molecule has 1 aromatic rings. The molecule has 3 nitrogen and oxygen atoms in total. The topological polar surface area (TPSA) is 32.3 Å². The monoisotopic (exact) mass is 342 g/mol. The lowest BCUT2D eigenvalue weighted by molar-refractivity contribution is -0.123. The van der Waals surface area contributed by atoms with Gasteiger partial charge < -0.3 is 10.2 Å². The number of carbonyl (C=O) groups excluding carboxylic acids is 1. The Balaban J connectivity index is 1.49. The minimum absolute atomic E-state index is 0.184. The standard InChI is InChI=1S/C22H34N2O/c1-15(2)24-12-10-18(11-13-24)23-21(25)20-14-19(20)16-6-8-17(9-7-16)22(3,4)5/h6-9,15,18-20H,10-14H2,1-5H3,(H,23,25)/t19-,20+/m0/s1. The lowest BCUT2D eigenvalue weighted by Crippen LogP contribution is -2.47. The molecule has 0 aromatic heterocycles. The second-order valence-electron chi connectivity index (χ2n) is 9.23. The van der Waals surface area contributed by atoms with Crippen LogP contribution in [0.1, 0.15) is 70.9 Å². The van der Waals surface area contributed by atoms with Gasteiger partial charge in [0.1, 0.15) is 0 Å². The highest BCUT2D eigenvalue weighted by molar-refractivity contribution is 5.83. The van der Waals surface area contributed by atoms with Crippen LogP contribution in [0, 0.1) is 5.92 Å². The largest absolute Gasteiger partial charge is 0.353 e. The van der Waals surface area contributed by atoms with E-state index in [1.54, 1.807) is 0 Å². The zero-order chi connectivity index (χ0) is 18.2. The molecule has 138 valence electrons. The average molecular weight is 343 g/mol. The molecule has 0 bridgehead atoms. The van der Waals surface area contributed by atoms with Gasteiger partial charge >= 0.3 is 0 Å². The van der Waals surface area contributed by atoms with Gasteiger partial charge in [0, 0.05) is 31.1 Å². The molecule has 1 heterocycles. The highest BCUT2D eigenvalue weighted by Gasteiger charge is 2.44. The van der Waals surface area contributed by atoms with Crippen LogP contribution in [0.15, 0.2) is 24.3 Å². The number of rotatable bonds is 4. The SMILES string of the molecule is CC(C)N1CCC(NC(=O)[C@@H]2C[C@H]2c2ccc(C(C)(C)C)cc2)CC1. The van der Waals surface area contributed by atoms with Gasteiger partial charge in [0.25, 0.3) is 0 Å². The van der Waals surface area contributed by atoms with E-state index >= 15 is 0 Å². The van der Waals surface area contributed by atoms with E-state index in [4.69, 9.17) is 0 Å². The van der Waals surface area contributed by atoms with Crippen LogP contribution in [-0.4, -0.2) is 36.0 Å². The van der Waals surface area contributed by atoms with Gasteiger partial charge in [0.15, 0.2) is 0 Å². The molecule has 1 amide bonds. The zero-order valence-corrected chi connectivity index (χ0v) is 16.5. The minimum Gasteiger partial charge on any atom is -0.353 e. The van der Waals surface area contributed by atoms with Crippen molar-refractivity contribution < 1.29 is 4.79 Å². The Bertz CT molecular complexity index is 591. The van der Waals surface area contributed by atoms with Gasteiger partial charge in [-0.05, 0) is 55.6 Å². The molecular weight excluding hydrogens is 308 g/mol. The van der Waals surface area contributed by atoms with Gasteiger partial charge in [-0.15, -0.1) is 0 Å². The van der Waals surface area contributed by atoms with Crippen molar-refractivity contribution in [3.8, 4) is 0 Å². The van der Waals surface area contributed by atoms with E-state index in [1.807, 2.05) is 0 Å². The average Bonchev–Trinajstić information content (AvgIpc) is 3.35. The van der Waals surface area contributed by atoms with Crippen LogP contribution in [0.4, 0.5) is 0 Å². The van der Waals surface area contributed by atoms with E-state index in [0.717, 1.165) is 32.4 Å². The van der Waals surface area contributed by atoms with Crippen molar-refractivity contribution in [3.05, 3.63) is 35.4 Å². The van der Waals surface area contributed by atoms with E-state index in [1.165, 1.54) is 11.1 Å². The second-order valence-corrected chi connectivity index (χ2v) is 9.23. The quantitative estimate of drug-likeness (QED) is 0.894. The molecule has 3 rings (SSSR count). The first-order chi connectivity index (χ1) is 11.8. The summed E-state index contributed by atoms with van der Waals surface area (Å²) in [4.78, 5) is 15.1. The van der Waals surface area contributed by atoms with Crippen molar-refractivity contribution in [1.82, 2.24) is 10.2 Å². The maximum atomic E-state index is 12.6. The Morgan fingerprint density at radius 3 is 2.24 bits per heavy atom. The maximum Gasteiger partial charge on any atom is 0.223 e. The molecule has 1 aliphatic heterocycles. The molecule has 25 heavy (non-hydrogen) atoms. The Hall–Kier alpha value is -1.35. The number of hydrogen-bond donors (Lipinski definition) is 1. The van der Waals surface area contributed by atoms with Crippen molar-refractivity contribution >= 4 is 5.91 Å². The Morgan fingerprint density at radius 1 is 1.12 bits per heavy atom. The number of hydrogen-bond acceptors (Lipinski definition) is 2. The molecule has 1 aliphatic carbocycles. The number of carbonyl (C=O) groups is 1. The number of piperidine rings is 1. The Labute approximate surface area is 153 Å². The lowest BCUT2D eigenvalue weighted by atomic mass is 9.86. The van der Waals surface area contributed by atoms with Crippen LogP contribution in [0.2, 0.25) is 0 Å². The van der Waals surface area contributed by atoms with Gasteiger partial charge in [0.05, 0.1) is 0 Å². The van der Waals surface area contributed by atoms with E-state index in [2.05, 4.69) is 69.1 Å². The summed E-state index contributed by atoms with van der Waals surface area (Å²) in [6, 6.07) is 9.88. The Morgan fingerprint density at radius 2 is 1.72 bits per heavy atom. The number of amides is 1. The summed E-state index contributed by atoms with van der Waals surface area (Å²) in [5.74, 6) is 0.876. The highest BCUT2D eigenvalue weighted by atomic mass is 16.2. The van der Waals surface area contributed by atoms with Crippen molar-refractivity contribution in [2.45, 2.75) is 77.3 Å². The third-order valence-electron chi connectivity index (χ3n) is 5.94. The van der Waals surface area contributed by atoms with Gasteiger partial charge in [-0.3, -0.25) is 4.79 Å². The van der Waals surface area contributed by atoms with Crippen LogP contribution >= 0.6 is 0 Å². The van der Waals surface area contributed by atoms with Crippen molar-refractivity contribution in [3.63, 3.8) is 0 Å². The van der Waals surface area contributed by atoms with E-state index in [9.17, 15) is 4.79 Å². The number of likely N-dealkylation sites (tertiary alicyclic amines) is 1. The number of nitrogens with one attached hydrogen (secondary N) is 1. The molecule has 1 N–H and O–H groups in total. The van der Waals surface area contributed by atoms with Gasteiger partial charge in [0.2, 0.25) is 5.91 Å². The summed E-state index contributed by atoms with van der Waals surface area (Å²) < 4.78 is 0. The van der Waals surface area contributed by atoms with Gasteiger partial charge in [-0.1, -0.05) is 45.0 Å². The van der Waals surface area contributed by atoms with Crippen LogP contribution in [0.25, 0.3) is 0 Å². The third-order valence-corrected chi connectivity index (χ3v) is 5.94. The van der Waals surface area contributed by atoms with Crippen molar-refractivity contribution in [2.24, 2.45) is 5.92 Å². The fraction of sp³-hybridized carbons (Fsp3) is 0.682. The molecule has 3 heteroatoms. The Kier molecular flexibility index (Phi) is 5.24. The normalized spacial score (nSPS) is 25.2. The highest BCUT2D eigenvalue weighted by Crippen LogP contribution is 2.48. The van der Waals surface area contributed by atoms with Crippen LogP contribution in [0.5, 0.6) is 0 Å². The molecule has 2 fully saturated rings. The lowest BCUT2D eigenvalue weighted by Gasteiger charge is -2.34. The van der Waals surface area contributed by atoms with Gasteiger partial charge in [-0.25, -0.2) is 0 Å². The first kappa shape index (κ1) is 18.4. The van der Waals surface area contributed by atoms with Crippen LogP contribution < -0.4 is 5.32 Å².